The van der Waals surface area contributed by atoms with Crippen LogP contribution in [0.25, 0.3) is 6.08 Å². The molecule has 1 aromatic carbocycles. The summed E-state index contributed by atoms with van der Waals surface area (Å²) in [4.78, 5) is 23.0. The predicted molar refractivity (Wildman–Crippen MR) is 79.3 cm³/mol. The number of methoxy groups -OCH3 is 1. The maximum Gasteiger partial charge on any atom is 0.337 e. The van der Waals surface area contributed by atoms with Crippen molar-refractivity contribution in [1.29, 1.82) is 0 Å². The second-order valence-corrected chi connectivity index (χ2v) is 4.47. The smallest absolute Gasteiger partial charge is 0.337 e. The van der Waals surface area contributed by atoms with Gasteiger partial charge in [0.15, 0.2) is 0 Å². The van der Waals surface area contributed by atoms with Crippen LogP contribution in [0.2, 0.25) is 0 Å². The number of hydrogen-bond donors (Lipinski definition) is 1. The van der Waals surface area contributed by atoms with E-state index in [0.29, 0.717) is 5.56 Å². The zero-order valence-electron chi connectivity index (χ0n) is 12.2. The molecule has 4 nitrogen and oxygen atoms in total. The Balaban J connectivity index is 2.62. The summed E-state index contributed by atoms with van der Waals surface area (Å²) < 4.78 is 4.62. The molecule has 0 spiro atoms. The average Bonchev–Trinajstić information content (AvgIpc) is 2.50. The number of rotatable bonds is 6. The monoisotopic (exact) mass is 275 g/mol. The van der Waals surface area contributed by atoms with E-state index >= 15 is 0 Å². The molecule has 0 unspecified atom stereocenters. The van der Waals surface area contributed by atoms with Crippen LogP contribution in [0.4, 0.5) is 0 Å². The fraction of sp³-hybridized carbons (Fsp3) is 0.375. The highest BCUT2D eigenvalue weighted by molar-refractivity contribution is 5.92. The van der Waals surface area contributed by atoms with E-state index in [4.69, 9.17) is 0 Å². The zero-order chi connectivity index (χ0) is 15.0. The lowest BCUT2D eigenvalue weighted by molar-refractivity contribution is -0.117. The summed E-state index contributed by atoms with van der Waals surface area (Å²) in [6.45, 7) is 4.09. The molecule has 0 saturated carbocycles. The van der Waals surface area contributed by atoms with E-state index in [2.05, 4.69) is 10.1 Å². The van der Waals surface area contributed by atoms with Crippen LogP contribution in [-0.2, 0) is 9.53 Å². The zero-order valence-corrected chi connectivity index (χ0v) is 12.2. The highest BCUT2D eigenvalue weighted by Crippen LogP contribution is 2.07. The van der Waals surface area contributed by atoms with Crippen LogP contribution in [0.3, 0.4) is 0 Å². The molecule has 0 atom stereocenters. The van der Waals surface area contributed by atoms with E-state index in [1.807, 2.05) is 13.8 Å². The number of amides is 1. The first kappa shape index (κ1) is 16.0. The number of hydrogen-bond acceptors (Lipinski definition) is 3. The van der Waals surface area contributed by atoms with Crippen molar-refractivity contribution < 1.29 is 14.3 Å². The molecule has 108 valence electrons. The number of esters is 1. The Morgan fingerprint density at radius 3 is 2.30 bits per heavy atom. The van der Waals surface area contributed by atoms with Crippen LogP contribution in [0.5, 0.6) is 0 Å². The van der Waals surface area contributed by atoms with Gasteiger partial charge in [0.2, 0.25) is 5.91 Å². The molecule has 0 aliphatic rings. The highest BCUT2D eigenvalue weighted by Gasteiger charge is 2.05. The number of nitrogens with one attached hydrogen (secondary N) is 1. The van der Waals surface area contributed by atoms with Crippen molar-refractivity contribution in [2.75, 3.05) is 7.11 Å². The summed E-state index contributed by atoms with van der Waals surface area (Å²) in [6, 6.07) is 7.10. The summed E-state index contributed by atoms with van der Waals surface area (Å²) in [7, 11) is 1.35. The third-order valence-electron chi connectivity index (χ3n) is 3.09. The fourth-order valence-corrected chi connectivity index (χ4v) is 1.76. The summed E-state index contributed by atoms with van der Waals surface area (Å²) in [5.41, 5.74) is 1.35. The molecule has 0 aromatic heterocycles. The average molecular weight is 275 g/mol. The van der Waals surface area contributed by atoms with E-state index in [-0.39, 0.29) is 17.9 Å². The van der Waals surface area contributed by atoms with Crippen LogP contribution in [0.1, 0.15) is 42.6 Å². The molecule has 20 heavy (non-hydrogen) atoms. The standard InChI is InChI=1S/C16H21NO3/c1-4-14(5-2)17-15(18)11-8-12-6-9-13(10-7-12)16(19)20-3/h6-11,14H,4-5H2,1-3H3,(H,17,18). The predicted octanol–water partition coefficient (Wildman–Crippen LogP) is 2.79. The summed E-state index contributed by atoms with van der Waals surface area (Å²) in [6.07, 6.45) is 5.07. The molecule has 1 N–H and O–H groups in total. The molecule has 0 aliphatic heterocycles. The lowest BCUT2D eigenvalue weighted by Gasteiger charge is -2.12. The minimum absolute atomic E-state index is 0.101. The minimum Gasteiger partial charge on any atom is -0.465 e. The maximum atomic E-state index is 11.7. The number of carbonyl (C=O) groups excluding carboxylic acids is 2. The van der Waals surface area contributed by atoms with Gasteiger partial charge >= 0.3 is 5.97 Å². The van der Waals surface area contributed by atoms with Crippen molar-refractivity contribution >= 4 is 18.0 Å². The molecule has 0 radical (unpaired) electrons. The Hall–Kier alpha value is -2.10. The minimum atomic E-state index is -0.369. The Labute approximate surface area is 119 Å². The molecule has 0 fully saturated rings. The molecule has 0 aliphatic carbocycles. The summed E-state index contributed by atoms with van der Waals surface area (Å²) in [5.74, 6) is -0.470. The van der Waals surface area contributed by atoms with E-state index in [0.717, 1.165) is 18.4 Å². The van der Waals surface area contributed by atoms with Crippen molar-refractivity contribution in [2.45, 2.75) is 32.7 Å². The van der Waals surface area contributed by atoms with Gasteiger partial charge < -0.3 is 10.1 Å². The molecule has 1 aromatic rings. The van der Waals surface area contributed by atoms with Gasteiger partial charge in [0.05, 0.1) is 12.7 Å². The lowest BCUT2D eigenvalue weighted by atomic mass is 10.1. The molecular weight excluding hydrogens is 254 g/mol. The molecule has 0 bridgehead atoms. The highest BCUT2D eigenvalue weighted by atomic mass is 16.5. The van der Waals surface area contributed by atoms with Gasteiger partial charge in [0.1, 0.15) is 0 Å². The molecule has 4 heteroatoms. The molecular formula is C16H21NO3. The van der Waals surface area contributed by atoms with Gasteiger partial charge in [-0.05, 0) is 36.6 Å². The second kappa shape index (κ2) is 8.15. The third kappa shape index (κ3) is 4.88. The normalized spacial score (nSPS) is 10.8. The van der Waals surface area contributed by atoms with Gasteiger partial charge in [-0.1, -0.05) is 26.0 Å². The van der Waals surface area contributed by atoms with Gasteiger partial charge in [-0.25, -0.2) is 4.79 Å². The Bertz CT molecular complexity index is 473. The Morgan fingerprint density at radius 1 is 1.20 bits per heavy atom. The molecule has 1 rings (SSSR count). The van der Waals surface area contributed by atoms with E-state index < -0.39 is 0 Å². The van der Waals surface area contributed by atoms with Gasteiger partial charge in [0.25, 0.3) is 0 Å². The topological polar surface area (TPSA) is 55.4 Å². The lowest BCUT2D eigenvalue weighted by Crippen LogP contribution is -2.32. The van der Waals surface area contributed by atoms with Crippen LogP contribution < -0.4 is 5.32 Å². The van der Waals surface area contributed by atoms with Gasteiger partial charge in [-0.3, -0.25) is 4.79 Å². The van der Waals surface area contributed by atoms with E-state index in [9.17, 15) is 9.59 Å². The number of carbonyl (C=O) groups is 2. The first-order chi connectivity index (χ1) is 9.60. The van der Waals surface area contributed by atoms with Crippen LogP contribution in [-0.4, -0.2) is 25.0 Å². The summed E-state index contributed by atoms with van der Waals surface area (Å²) >= 11 is 0. The Kier molecular flexibility index (Phi) is 6.50. The van der Waals surface area contributed by atoms with Crippen molar-refractivity contribution in [2.24, 2.45) is 0 Å². The van der Waals surface area contributed by atoms with Crippen LogP contribution in [0.15, 0.2) is 30.3 Å². The maximum absolute atomic E-state index is 11.7. The van der Waals surface area contributed by atoms with Crippen LogP contribution in [0, 0.1) is 0 Å². The van der Waals surface area contributed by atoms with Gasteiger partial charge in [0, 0.05) is 12.1 Å². The number of ether oxygens (including phenoxy) is 1. The SMILES string of the molecule is CCC(CC)NC(=O)C=Cc1ccc(C(=O)OC)cc1. The first-order valence-corrected chi connectivity index (χ1v) is 6.77. The third-order valence-corrected chi connectivity index (χ3v) is 3.09. The summed E-state index contributed by atoms with van der Waals surface area (Å²) in [5, 5.41) is 2.93. The van der Waals surface area contributed by atoms with Crippen molar-refractivity contribution in [1.82, 2.24) is 5.32 Å². The van der Waals surface area contributed by atoms with Gasteiger partial charge in [-0.2, -0.15) is 0 Å². The fourth-order valence-electron chi connectivity index (χ4n) is 1.76. The molecule has 0 heterocycles. The van der Waals surface area contributed by atoms with Crippen molar-refractivity contribution in [3.63, 3.8) is 0 Å². The first-order valence-electron chi connectivity index (χ1n) is 6.77. The van der Waals surface area contributed by atoms with Crippen molar-refractivity contribution in [3.8, 4) is 0 Å². The van der Waals surface area contributed by atoms with Crippen molar-refractivity contribution in [3.05, 3.63) is 41.5 Å². The molecule has 1 amide bonds. The quantitative estimate of drug-likeness (QED) is 0.641. The molecule has 0 saturated heterocycles. The van der Waals surface area contributed by atoms with Crippen LogP contribution >= 0.6 is 0 Å². The van der Waals surface area contributed by atoms with E-state index in [1.165, 1.54) is 13.2 Å². The second-order valence-electron chi connectivity index (χ2n) is 4.47. The van der Waals surface area contributed by atoms with E-state index in [1.54, 1.807) is 30.3 Å². The number of benzene rings is 1. The van der Waals surface area contributed by atoms with Gasteiger partial charge in [-0.15, -0.1) is 0 Å². The largest absolute Gasteiger partial charge is 0.465 e. The Morgan fingerprint density at radius 2 is 1.80 bits per heavy atom.